The number of halogens is 1. The highest BCUT2D eigenvalue weighted by Gasteiger charge is 2.33. The standard InChI is InChI=1S/C30H47FN8O3/c1-5-6-25(39-18-21(2)23(17-32)19-39)15-22-7-8-24(16-26(22)31)35-27(9-10-34-20-40)36-29(42)38-13-11-37(12-14-38)28(41)30(3,4)33/h7-10,16,20-21,23,25H,5-6,11-15,17-19,32-33H2,1-4H3,(H,34,40)(H,35,36,42)/b10-9-/t21?,23-,25?/m1/s1. The predicted octanol–water partition coefficient (Wildman–Crippen LogP) is 1.94. The van der Waals surface area contributed by atoms with E-state index in [1.165, 1.54) is 18.3 Å². The molecular weight excluding hydrogens is 539 g/mol. The number of aliphatic imine (C=N–C) groups is 1. The highest BCUT2D eigenvalue weighted by Crippen LogP contribution is 2.28. The lowest BCUT2D eigenvalue weighted by Crippen LogP contribution is -2.59. The van der Waals surface area contributed by atoms with E-state index < -0.39 is 11.6 Å². The Balaban J connectivity index is 1.70. The van der Waals surface area contributed by atoms with Crippen molar-refractivity contribution in [1.82, 2.24) is 25.3 Å². The molecule has 0 saturated carbocycles. The van der Waals surface area contributed by atoms with E-state index >= 15 is 4.39 Å². The molecule has 6 N–H and O–H groups in total. The molecule has 2 heterocycles. The fourth-order valence-electron chi connectivity index (χ4n) is 5.57. The van der Waals surface area contributed by atoms with Crippen LogP contribution in [0.25, 0.3) is 0 Å². The summed E-state index contributed by atoms with van der Waals surface area (Å²) in [6.45, 7) is 11.6. The summed E-state index contributed by atoms with van der Waals surface area (Å²) in [6, 6.07) is 4.65. The number of hydrogen-bond acceptors (Lipinski definition) is 7. The summed E-state index contributed by atoms with van der Waals surface area (Å²) >= 11 is 0. The Hall–Kier alpha value is -3.35. The van der Waals surface area contributed by atoms with Crippen molar-refractivity contribution in [2.45, 2.75) is 58.5 Å². The van der Waals surface area contributed by atoms with E-state index in [0.717, 1.165) is 25.9 Å². The lowest BCUT2D eigenvalue weighted by Gasteiger charge is -2.37. The minimum Gasteiger partial charge on any atom is -0.338 e. The molecule has 3 rings (SSSR count). The fourth-order valence-corrected chi connectivity index (χ4v) is 5.57. The lowest BCUT2D eigenvalue weighted by molar-refractivity contribution is -0.137. The zero-order valence-corrected chi connectivity index (χ0v) is 25.3. The number of nitrogens with one attached hydrogen (secondary N) is 2. The normalized spacial score (nSPS) is 21.1. The number of likely N-dealkylation sites (tertiary alicyclic amines) is 1. The van der Waals surface area contributed by atoms with E-state index in [1.807, 2.05) is 0 Å². The van der Waals surface area contributed by atoms with E-state index in [1.54, 1.807) is 35.8 Å². The molecule has 0 spiro atoms. The summed E-state index contributed by atoms with van der Waals surface area (Å²) in [4.78, 5) is 46.3. The van der Waals surface area contributed by atoms with Crippen molar-refractivity contribution in [3.63, 3.8) is 0 Å². The minimum absolute atomic E-state index is 0.130. The number of piperazine rings is 1. The number of amides is 4. The van der Waals surface area contributed by atoms with Gasteiger partial charge in [-0.2, -0.15) is 0 Å². The Morgan fingerprint density at radius 1 is 1.19 bits per heavy atom. The third-order valence-electron chi connectivity index (χ3n) is 8.02. The highest BCUT2D eigenvalue weighted by molar-refractivity contribution is 6.05. The number of amidine groups is 1. The average molecular weight is 587 g/mol. The minimum atomic E-state index is -0.983. The SMILES string of the molecule is CCCC(Cc1ccc(N=C(/C=C\NC=O)NC(=O)N2CCN(C(=O)C(C)(C)N)CC2)cc1F)N1CC(C)[C@H](CN)C1. The number of urea groups is 1. The summed E-state index contributed by atoms with van der Waals surface area (Å²) in [5, 5.41) is 5.12. The number of hydrogen-bond donors (Lipinski definition) is 4. The maximum atomic E-state index is 15.3. The van der Waals surface area contributed by atoms with Crippen LogP contribution >= 0.6 is 0 Å². The van der Waals surface area contributed by atoms with Crippen molar-refractivity contribution in [1.29, 1.82) is 0 Å². The zero-order valence-electron chi connectivity index (χ0n) is 25.3. The van der Waals surface area contributed by atoms with Crippen molar-refractivity contribution in [2.75, 3.05) is 45.8 Å². The van der Waals surface area contributed by atoms with Gasteiger partial charge in [-0.3, -0.25) is 19.8 Å². The second-order valence-corrected chi connectivity index (χ2v) is 11.9. The number of carbonyl (C=O) groups is 3. The first kappa shape index (κ1) is 33.2. The molecule has 4 amide bonds. The first-order chi connectivity index (χ1) is 20.0. The third-order valence-corrected chi connectivity index (χ3v) is 8.02. The number of benzene rings is 1. The molecule has 11 nitrogen and oxygen atoms in total. The molecule has 3 atom stereocenters. The van der Waals surface area contributed by atoms with Crippen LogP contribution in [0, 0.1) is 17.7 Å². The van der Waals surface area contributed by atoms with Crippen LogP contribution in [0.1, 0.15) is 46.1 Å². The van der Waals surface area contributed by atoms with Crippen molar-refractivity contribution in [3.8, 4) is 0 Å². The topological polar surface area (TPSA) is 149 Å². The summed E-state index contributed by atoms with van der Waals surface area (Å²) in [5.41, 5.74) is 11.9. The van der Waals surface area contributed by atoms with Gasteiger partial charge in [0, 0.05) is 51.5 Å². The van der Waals surface area contributed by atoms with Gasteiger partial charge in [0.05, 0.1) is 11.2 Å². The Labute approximate surface area is 248 Å². The van der Waals surface area contributed by atoms with Crippen molar-refractivity contribution in [3.05, 3.63) is 41.9 Å². The summed E-state index contributed by atoms with van der Waals surface area (Å²) in [5.74, 6) is 0.588. The summed E-state index contributed by atoms with van der Waals surface area (Å²) in [7, 11) is 0. The second-order valence-electron chi connectivity index (χ2n) is 11.9. The van der Waals surface area contributed by atoms with Crippen LogP contribution in [0.2, 0.25) is 0 Å². The number of rotatable bonds is 11. The van der Waals surface area contributed by atoms with Crippen molar-refractivity contribution in [2.24, 2.45) is 28.3 Å². The molecule has 1 aromatic rings. The summed E-state index contributed by atoms with van der Waals surface area (Å²) in [6.07, 6.45) is 5.82. The molecule has 2 aliphatic heterocycles. The van der Waals surface area contributed by atoms with Crippen LogP contribution in [0.5, 0.6) is 0 Å². The van der Waals surface area contributed by atoms with Gasteiger partial charge in [-0.05, 0) is 68.8 Å². The number of nitrogens with zero attached hydrogens (tertiary/aromatic N) is 4. The first-order valence-corrected chi connectivity index (χ1v) is 14.8. The maximum absolute atomic E-state index is 15.3. The molecule has 0 aliphatic carbocycles. The van der Waals surface area contributed by atoms with Gasteiger partial charge >= 0.3 is 6.03 Å². The van der Waals surface area contributed by atoms with Crippen LogP contribution in [0.3, 0.4) is 0 Å². The van der Waals surface area contributed by atoms with Crippen molar-refractivity contribution < 1.29 is 18.8 Å². The first-order valence-electron chi connectivity index (χ1n) is 14.8. The van der Waals surface area contributed by atoms with Gasteiger partial charge in [0.25, 0.3) is 0 Å². The van der Waals surface area contributed by atoms with E-state index in [9.17, 15) is 14.4 Å². The van der Waals surface area contributed by atoms with Gasteiger partial charge in [0.1, 0.15) is 11.7 Å². The van der Waals surface area contributed by atoms with Crippen LogP contribution in [0.15, 0.2) is 35.5 Å². The third kappa shape index (κ3) is 9.07. The molecule has 12 heteroatoms. The molecule has 0 bridgehead atoms. The largest absolute Gasteiger partial charge is 0.338 e. The van der Waals surface area contributed by atoms with Gasteiger partial charge in [0.2, 0.25) is 12.3 Å². The van der Waals surface area contributed by atoms with Crippen LogP contribution in [-0.4, -0.2) is 96.3 Å². The van der Waals surface area contributed by atoms with Gasteiger partial charge in [-0.15, -0.1) is 0 Å². The number of carbonyl (C=O) groups excluding carboxylic acids is 3. The van der Waals surface area contributed by atoms with E-state index in [-0.39, 0.29) is 23.6 Å². The Morgan fingerprint density at radius 2 is 1.88 bits per heavy atom. The molecule has 0 aromatic heterocycles. The maximum Gasteiger partial charge on any atom is 0.323 e. The molecule has 42 heavy (non-hydrogen) atoms. The molecule has 2 saturated heterocycles. The molecule has 2 fully saturated rings. The zero-order chi connectivity index (χ0) is 30.9. The van der Waals surface area contributed by atoms with E-state index in [2.05, 4.69) is 34.4 Å². The van der Waals surface area contributed by atoms with E-state index in [0.29, 0.717) is 68.6 Å². The van der Waals surface area contributed by atoms with Gasteiger partial charge in [-0.1, -0.05) is 26.3 Å². The molecule has 2 unspecified atom stereocenters. The van der Waals surface area contributed by atoms with Crippen molar-refractivity contribution >= 4 is 29.9 Å². The lowest BCUT2D eigenvalue weighted by atomic mass is 9.99. The van der Waals surface area contributed by atoms with Gasteiger partial charge in [-0.25, -0.2) is 14.2 Å². The Bertz CT molecular complexity index is 1140. The fraction of sp³-hybridized carbons (Fsp3) is 0.600. The van der Waals surface area contributed by atoms with Crippen LogP contribution in [-0.2, 0) is 16.0 Å². The van der Waals surface area contributed by atoms with Crippen LogP contribution in [0.4, 0.5) is 14.9 Å². The molecule has 1 aromatic carbocycles. The Kier molecular flexibility index (Phi) is 12.0. The molecular formula is C30H47FN8O3. The average Bonchev–Trinajstić information content (AvgIpc) is 3.33. The number of nitrogens with two attached hydrogens (primary N) is 2. The van der Waals surface area contributed by atoms with Crippen LogP contribution < -0.4 is 22.1 Å². The second kappa shape index (κ2) is 15.2. The molecule has 232 valence electrons. The van der Waals surface area contributed by atoms with Gasteiger partial charge in [0.15, 0.2) is 0 Å². The summed E-state index contributed by atoms with van der Waals surface area (Å²) < 4.78 is 15.3. The Morgan fingerprint density at radius 3 is 2.45 bits per heavy atom. The van der Waals surface area contributed by atoms with E-state index in [4.69, 9.17) is 11.5 Å². The predicted molar refractivity (Wildman–Crippen MR) is 162 cm³/mol. The van der Waals surface area contributed by atoms with Gasteiger partial charge < -0.3 is 26.6 Å². The molecule has 2 aliphatic rings. The monoisotopic (exact) mass is 586 g/mol. The smallest absolute Gasteiger partial charge is 0.323 e. The highest BCUT2D eigenvalue weighted by atomic mass is 19.1. The quantitative estimate of drug-likeness (QED) is 0.177. The molecule has 0 radical (unpaired) electrons.